The molecule has 28 heavy (non-hydrogen) atoms. The lowest BCUT2D eigenvalue weighted by Gasteiger charge is -2.15. The van der Waals surface area contributed by atoms with Crippen LogP contribution < -0.4 is 10.9 Å². The lowest BCUT2D eigenvalue weighted by atomic mass is 10.1. The number of nitrogens with one attached hydrogen (secondary N) is 1. The Hall–Kier alpha value is -2.15. The number of fused-ring (bicyclic) bond motifs is 1. The Morgan fingerprint density at radius 1 is 1.07 bits per heavy atom. The molecule has 0 aliphatic rings. The SMILES string of the molecule is CC(C)NCc1cc2ccc(Cl)cc2n(CCS(=O)(=O)c2ccccc2)c1=O. The van der Waals surface area contributed by atoms with Gasteiger partial charge in [0.15, 0.2) is 9.84 Å². The number of halogens is 1. The zero-order chi connectivity index (χ0) is 20.3. The average molecular weight is 419 g/mol. The number of hydrogen-bond acceptors (Lipinski definition) is 4. The van der Waals surface area contributed by atoms with Crippen molar-refractivity contribution in [2.75, 3.05) is 5.75 Å². The van der Waals surface area contributed by atoms with E-state index in [0.29, 0.717) is 22.6 Å². The van der Waals surface area contributed by atoms with Crippen molar-refractivity contribution in [3.8, 4) is 0 Å². The molecule has 0 fully saturated rings. The van der Waals surface area contributed by atoms with Crippen molar-refractivity contribution in [3.63, 3.8) is 0 Å². The molecule has 0 saturated carbocycles. The van der Waals surface area contributed by atoms with Gasteiger partial charge in [-0.15, -0.1) is 0 Å². The first-order valence-corrected chi connectivity index (χ1v) is 11.1. The van der Waals surface area contributed by atoms with Gasteiger partial charge in [0, 0.05) is 29.7 Å². The van der Waals surface area contributed by atoms with Gasteiger partial charge in [-0.25, -0.2) is 8.42 Å². The summed E-state index contributed by atoms with van der Waals surface area (Å²) >= 11 is 6.13. The summed E-state index contributed by atoms with van der Waals surface area (Å²) in [5.41, 5.74) is 1.03. The summed E-state index contributed by atoms with van der Waals surface area (Å²) in [6.07, 6.45) is 0. The second-order valence-corrected chi connectivity index (χ2v) is 9.54. The maximum Gasteiger partial charge on any atom is 0.255 e. The molecule has 1 heterocycles. The van der Waals surface area contributed by atoms with E-state index in [4.69, 9.17) is 11.6 Å². The Bertz CT molecular complexity index is 1140. The Balaban J connectivity index is 2.02. The summed E-state index contributed by atoms with van der Waals surface area (Å²) in [6, 6.07) is 15.7. The van der Waals surface area contributed by atoms with Gasteiger partial charge < -0.3 is 9.88 Å². The molecule has 3 rings (SSSR count). The number of sulfone groups is 1. The molecule has 0 saturated heterocycles. The van der Waals surface area contributed by atoms with Crippen molar-refractivity contribution < 1.29 is 8.42 Å². The third-order valence-corrected chi connectivity index (χ3v) is 6.47. The third-order valence-electron chi connectivity index (χ3n) is 4.52. The average Bonchev–Trinajstić information content (AvgIpc) is 2.66. The molecule has 0 radical (unpaired) electrons. The fraction of sp³-hybridized carbons (Fsp3) is 0.286. The molecule has 0 aliphatic heterocycles. The number of hydrogen-bond donors (Lipinski definition) is 1. The Kier molecular flexibility index (Phi) is 6.23. The predicted molar refractivity (Wildman–Crippen MR) is 114 cm³/mol. The molecule has 0 spiro atoms. The molecule has 1 aromatic heterocycles. The van der Waals surface area contributed by atoms with Gasteiger partial charge in [-0.05, 0) is 35.7 Å². The van der Waals surface area contributed by atoms with E-state index in [0.717, 1.165) is 5.39 Å². The Labute approximate surface area is 169 Å². The highest BCUT2D eigenvalue weighted by Gasteiger charge is 2.17. The topological polar surface area (TPSA) is 68.2 Å². The molecule has 2 aromatic carbocycles. The monoisotopic (exact) mass is 418 g/mol. The minimum atomic E-state index is -3.50. The van der Waals surface area contributed by atoms with E-state index in [2.05, 4.69) is 5.32 Å². The molecule has 0 amide bonds. The second-order valence-electron chi connectivity index (χ2n) is 7.00. The van der Waals surface area contributed by atoms with E-state index in [-0.39, 0.29) is 28.8 Å². The summed E-state index contributed by atoms with van der Waals surface area (Å²) in [6.45, 7) is 4.49. The van der Waals surface area contributed by atoms with Crippen LogP contribution in [0.5, 0.6) is 0 Å². The first-order chi connectivity index (χ1) is 13.3. The Morgan fingerprint density at radius 3 is 2.46 bits per heavy atom. The highest BCUT2D eigenvalue weighted by molar-refractivity contribution is 7.91. The number of nitrogens with zero attached hydrogens (tertiary/aromatic N) is 1. The van der Waals surface area contributed by atoms with Gasteiger partial charge in [0.05, 0.1) is 16.2 Å². The molecular weight excluding hydrogens is 396 g/mol. The molecule has 5 nitrogen and oxygen atoms in total. The lowest BCUT2D eigenvalue weighted by molar-refractivity contribution is 0.578. The van der Waals surface area contributed by atoms with Gasteiger partial charge in [0.2, 0.25) is 0 Å². The first kappa shape index (κ1) is 20.6. The largest absolute Gasteiger partial charge is 0.310 e. The van der Waals surface area contributed by atoms with Crippen LogP contribution in [0.4, 0.5) is 0 Å². The highest BCUT2D eigenvalue weighted by atomic mass is 35.5. The third kappa shape index (κ3) is 4.63. The van der Waals surface area contributed by atoms with Gasteiger partial charge in [-0.3, -0.25) is 4.79 Å². The fourth-order valence-corrected chi connectivity index (χ4v) is 4.42. The van der Waals surface area contributed by atoms with Crippen LogP contribution in [-0.2, 0) is 22.9 Å². The van der Waals surface area contributed by atoms with E-state index in [1.807, 2.05) is 26.0 Å². The summed E-state index contributed by atoms with van der Waals surface area (Å²) in [4.78, 5) is 13.3. The van der Waals surface area contributed by atoms with Crippen molar-refractivity contribution >= 4 is 32.3 Å². The molecule has 0 unspecified atom stereocenters. The van der Waals surface area contributed by atoms with E-state index < -0.39 is 9.84 Å². The summed E-state index contributed by atoms with van der Waals surface area (Å²) in [5.74, 6) is -0.167. The second kappa shape index (κ2) is 8.47. The normalized spacial score (nSPS) is 12.0. The molecule has 3 aromatic rings. The fourth-order valence-electron chi connectivity index (χ4n) is 3.02. The standard InChI is InChI=1S/C21H23ClN2O3S/c1-15(2)23-14-17-12-16-8-9-18(22)13-20(16)24(21(17)25)10-11-28(26,27)19-6-4-3-5-7-19/h3-9,12-13,15,23H,10-11,14H2,1-2H3. The molecule has 0 bridgehead atoms. The van der Waals surface area contributed by atoms with Crippen LogP contribution in [0.3, 0.4) is 0 Å². The van der Waals surface area contributed by atoms with Gasteiger partial charge in [-0.1, -0.05) is 49.7 Å². The van der Waals surface area contributed by atoms with Crippen LogP contribution in [0, 0.1) is 0 Å². The van der Waals surface area contributed by atoms with Crippen LogP contribution in [0.1, 0.15) is 19.4 Å². The molecule has 1 N–H and O–H groups in total. The molecule has 0 atom stereocenters. The summed E-state index contributed by atoms with van der Waals surface area (Å²) < 4.78 is 26.8. The molecule has 148 valence electrons. The number of aryl methyl sites for hydroxylation is 1. The van der Waals surface area contributed by atoms with Crippen molar-refractivity contribution in [1.29, 1.82) is 0 Å². The number of pyridine rings is 1. The number of benzene rings is 2. The van der Waals surface area contributed by atoms with E-state index in [1.165, 1.54) is 4.57 Å². The Morgan fingerprint density at radius 2 is 1.79 bits per heavy atom. The van der Waals surface area contributed by atoms with Crippen molar-refractivity contribution in [3.05, 3.63) is 75.5 Å². The van der Waals surface area contributed by atoms with E-state index >= 15 is 0 Å². The highest BCUT2D eigenvalue weighted by Crippen LogP contribution is 2.20. The minimum absolute atomic E-state index is 0.0580. The maximum atomic E-state index is 13.0. The maximum absolute atomic E-state index is 13.0. The molecule has 7 heteroatoms. The van der Waals surface area contributed by atoms with Crippen LogP contribution in [0.2, 0.25) is 5.02 Å². The zero-order valence-electron chi connectivity index (χ0n) is 15.9. The van der Waals surface area contributed by atoms with Gasteiger partial charge in [0.1, 0.15) is 0 Å². The minimum Gasteiger partial charge on any atom is -0.310 e. The first-order valence-electron chi connectivity index (χ1n) is 9.11. The van der Waals surface area contributed by atoms with E-state index in [1.54, 1.807) is 42.5 Å². The van der Waals surface area contributed by atoms with Gasteiger partial charge in [-0.2, -0.15) is 0 Å². The summed E-state index contributed by atoms with van der Waals surface area (Å²) in [7, 11) is -3.50. The van der Waals surface area contributed by atoms with Crippen LogP contribution in [-0.4, -0.2) is 24.8 Å². The van der Waals surface area contributed by atoms with Crippen LogP contribution >= 0.6 is 11.6 Å². The zero-order valence-corrected chi connectivity index (χ0v) is 17.4. The van der Waals surface area contributed by atoms with Crippen LogP contribution in [0.15, 0.2) is 64.3 Å². The predicted octanol–water partition coefficient (Wildman–Crippen LogP) is 3.63. The van der Waals surface area contributed by atoms with Crippen LogP contribution in [0.25, 0.3) is 10.9 Å². The molecular formula is C21H23ClN2O3S. The quantitative estimate of drug-likeness (QED) is 0.636. The van der Waals surface area contributed by atoms with Crippen molar-refractivity contribution in [2.45, 2.75) is 37.9 Å². The van der Waals surface area contributed by atoms with Gasteiger partial charge >= 0.3 is 0 Å². The summed E-state index contributed by atoms with van der Waals surface area (Å²) in [5, 5.41) is 4.59. The number of rotatable bonds is 7. The van der Waals surface area contributed by atoms with E-state index in [9.17, 15) is 13.2 Å². The smallest absolute Gasteiger partial charge is 0.255 e. The number of aromatic nitrogens is 1. The molecule has 0 aliphatic carbocycles. The van der Waals surface area contributed by atoms with Gasteiger partial charge in [0.25, 0.3) is 5.56 Å². The van der Waals surface area contributed by atoms with Crippen molar-refractivity contribution in [1.82, 2.24) is 9.88 Å². The lowest BCUT2D eigenvalue weighted by Crippen LogP contribution is -2.31. The van der Waals surface area contributed by atoms with Crippen molar-refractivity contribution in [2.24, 2.45) is 0 Å².